The van der Waals surface area contributed by atoms with Gasteiger partial charge in [-0.25, -0.2) is 4.79 Å². The zero-order chi connectivity index (χ0) is 13.9. The van der Waals surface area contributed by atoms with Gasteiger partial charge in [-0.05, 0) is 18.5 Å². The molecule has 10 heteroatoms. The van der Waals surface area contributed by atoms with Crippen LogP contribution in [0.4, 0.5) is 18.6 Å². The van der Waals surface area contributed by atoms with E-state index in [0.29, 0.717) is 6.07 Å². The summed E-state index contributed by atoms with van der Waals surface area (Å²) in [4.78, 5) is 13.7. The fraction of sp³-hybridized carbons (Fsp3) is 0.222. The quantitative estimate of drug-likeness (QED) is 0.254. The smallest absolute Gasteiger partial charge is 0.465 e. The van der Waals surface area contributed by atoms with Gasteiger partial charge in [-0.3, -0.25) is 0 Å². The van der Waals surface area contributed by atoms with E-state index in [4.69, 9.17) is 5.53 Å². The fourth-order valence-electron chi connectivity index (χ4n) is 1.45. The van der Waals surface area contributed by atoms with E-state index in [0.717, 1.165) is 13.2 Å². The van der Waals surface area contributed by atoms with Crippen LogP contribution in [0.1, 0.15) is 15.9 Å². The van der Waals surface area contributed by atoms with Crippen molar-refractivity contribution in [2.75, 3.05) is 7.11 Å². The number of nitrogens with zero attached hydrogens (tertiary/aromatic N) is 3. The van der Waals surface area contributed by atoms with Crippen molar-refractivity contribution in [2.24, 2.45) is 5.11 Å². The molecule has 0 saturated carbocycles. The maximum absolute atomic E-state index is 12.8. The molecule has 96 valence electrons. The van der Waals surface area contributed by atoms with Gasteiger partial charge in [0, 0.05) is 10.6 Å². The Morgan fingerprint density at radius 2 is 2.00 bits per heavy atom. The molecule has 0 aliphatic carbocycles. The van der Waals surface area contributed by atoms with Crippen LogP contribution in [-0.4, -0.2) is 20.1 Å². The third-order valence-corrected chi connectivity index (χ3v) is 2.35. The molecule has 0 fully saturated rings. The Morgan fingerprint density at radius 3 is 2.42 bits per heavy atom. The zero-order valence-electron chi connectivity index (χ0n) is 10.5. The second kappa shape index (κ2) is 7.32. The van der Waals surface area contributed by atoms with Gasteiger partial charge in [0.15, 0.2) is 0 Å². The van der Waals surface area contributed by atoms with Crippen LogP contribution in [0.3, 0.4) is 0 Å². The minimum atomic E-state index is -5.31. The Morgan fingerprint density at radius 1 is 1.42 bits per heavy atom. The largest absolute Gasteiger partial charge is 1.00 e. The van der Waals surface area contributed by atoms with Crippen molar-refractivity contribution < 1.29 is 73.9 Å². The first-order valence-corrected chi connectivity index (χ1v) is 4.79. The van der Waals surface area contributed by atoms with E-state index in [1.807, 2.05) is 0 Å². The van der Waals surface area contributed by atoms with Crippen molar-refractivity contribution in [3.63, 3.8) is 0 Å². The van der Waals surface area contributed by atoms with Crippen LogP contribution in [0.25, 0.3) is 10.4 Å². The molecule has 0 aromatic heterocycles. The molecule has 0 amide bonds. The van der Waals surface area contributed by atoms with Gasteiger partial charge in [-0.1, -0.05) is 16.7 Å². The molecular weight excluding hydrogens is 289 g/mol. The van der Waals surface area contributed by atoms with E-state index in [-0.39, 0.29) is 68.2 Å². The van der Waals surface area contributed by atoms with E-state index in [1.54, 1.807) is 0 Å². The number of methoxy groups -OCH3 is 1. The third-order valence-electron chi connectivity index (χ3n) is 2.35. The molecule has 0 bridgehead atoms. The topological polar surface area (TPSA) is 75.1 Å². The number of hydrogen-bond acceptors (Lipinski definition) is 3. The average Bonchev–Trinajstić information content (AvgIpc) is 2.29. The molecule has 0 radical (unpaired) electrons. The first-order chi connectivity index (χ1) is 8.31. The number of ether oxygens (including phenoxy) is 1. The summed E-state index contributed by atoms with van der Waals surface area (Å²) >= 11 is 0. The van der Waals surface area contributed by atoms with Crippen molar-refractivity contribution >= 4 is 24.1 Å². The van der Waals surface area contributed by atoms with Crippen molar-refractivity contribution in [1.29, 1.82) is 0 Å². The number of carbonyl (C=O) groups is 1. The summed E-state index contributed by atoms with van der Waals surface area (Å²) < 4.78 is 42.7. The molecule has 0 unspecified atom stereocenters. The molecular formula is C9H8BF3KN3O2. The molecule has 1 rings (SSSR count). The van der Waals surface area contributed by atoms with E-state index >= 15 is 0 Å². The minimum absolute atomic E-state index is 0. The first kappa shape index (κ1) is 18.5. The Balaban J connectivity index is 0.00000324. The Labute approximate surface area is 149 Å². The number of azide groups is 1. The monoisotopic (exact) mass is 297 g/mol. The molecule has 1 aromatic carbocycles. The third kappa shape index (κ3) is 4.51. The van der Waals surface area contributed by atoms with Crippen molar-refractivity contribution in [3.8, 4) is 0 Å². The van der Waals surface area contributed by atoms with Crippen LogP contribution in [0, 0.1) is 6.92 Å². The average molecular weight is 297 g/mol. The maximum Gasteiger partial charge on any atom is 1.00 e. The summed E-state index contributed by atoms with van der Waals surface area (Å²) in [5, 5.41) is 3.14. The molecule has 0 spiro atoms. The summed E-state index contributed by atoms with van der Waals surface area (Å²) in [7, 11) is 1.05. The molecule has 0 saturated heterocycles. The number of rotatable bonds is 3. The van der Waals surface area contributed by atoms with Gasteiger partial charge < -0.3 is 17.7 Å². The zero-order valence-corrected chi connectivity index (χ0v) is 13.6. The van der Waals surface area contributed by atoms with E-state index in [9.17, 15) is 17.7 Å². The summed E-state index contributed by atoms with van der Waals surface area (Å²) in [6.07, 6.45) is 0. The Bertz CT molecular complexity index is 544. The molecule has 0 aliphatic rings. The van der Waals surface area contributed by atoms with Crippen LogP contribution in [-0.2, 0) is 4.74 Å². The van der Waals surface area contributed by atoms with Crippen LogP contribution in [0.15, 0.2) is 17.2 Å². The van der Waals surface area contributed by atoms with Crippen LogP contribution in [0.2, 0.25) is 0 Å². The van der Waals surface area contributed by atoms with Gasteiger partial charge in [0.1, 0.15) is 0 Å². The normalized spacial score (nSPS) is 10.2. The van der Waals surface area contributed by atoms with Gasteiger partial charge in [0.25, 0.3) is 0 Å². The van der Waals surface area contributed by atoms with E-state index < -0.39 is 18.4 Å². The summed E-state index contributed by atoms with van der Waals surface area (Å²) in [6.45, 7) is -4.13. The predicted octanol–water partition coefficient (Wildman–Crippen LogP) is -0.218. The molecule has 5 nitrogen and oxygen atoms in total. The number of benzene rings is 1. The van der Waals surface area contributed by atoms with E-state index in [1.165, 1.54) is 6.92 Å². The molecule has 0 N–H and O–H groups in total. The summed E-state index contributed by atoms with van der Waals surface area (Å²) in [6, 6.07) is 1.75. The van der Waals surface area contributed by atoms with Gasteiger partial charge in [-0.15, -0.1) is 5.46 Å². The number of halogens is 3. The number of esters is 1. The van der Waals surface area contributed by atoms with Gasteiger partial charge in [0.05, 0.1) is 12.7 Å². The second-order valence-corrected chi connectivity index (χ2v) is 3.47. The SMILES string of the molecule is COC(=O)c1cc(N=[N+]=[N-])c(C)c([B-](F)(F)F)c1.[K+]. The van der Waals surface area contributed by atoms with Crippen molar-refractivity contribution in [3.05, 3.63) is 33.7 Å². The predicted molar refractivity (Wildman–Crippen MR) is 60.0 cm³/mol. The summed E-state index contributed by atoms with van der Waals surface area (Å²) in [5.41, 5.74) is 6.56. The first-order valence-electron chi connectivity index (χ1n) is 4.79. The molecule has 19 heavy (non-hydrogen) atoms. The standard InChI is InChI=1S/C9H8BF3N3O2.K/c1-5-7(10(11,12)13)3-6(9(17)18-2)4-8(5)15-16-14;/h3-4H,1-2H3;/q-1;+1. The summed E-state index contributed by atoms with van der Waals surface area (Å²) in [5.74, 6) is -0.925. The van der Waals surface area contributed by atoms with Crippen molar-refractivity contribution in [2.45, 2.75) is 6.92 Å². The molecule has 0 aliphatic heterocycles. The Kier molecular flexibility index (Phi) is 7.12. The molecule has 0 atom stereocenters. The molecule has 0 heterocycles. The maximum atomic E-state index is 12.8. The number of carbonyl (C=O) groups excluding carboxylic acids is 1. The number of hydrogen-bond donors (Lipinski definition) is 0. The van der Waals surface area contributed by atoms with Gasteiger partial charge in [-0.2, -0.15) is 0 Å². The van der Waals surface area contributed by atoms with Gasteiger partial charge >= 0.3 is 64.3 Å². The van der Waals surface area contributed by atoms with Gasteiger partial charge in [0.2, 0.25) is 0 Å². The minimum Gasteiger partial charge on any atom is -0.465 e. The van der Waals surface area contributed by atoms with Crippen LogP contribution < -0.4 is 56.8 Å². The second-order valence-electron chi connectivity index (χ2n) is 3.47. The van der Waals surface area contributed by atoms with Crippen LogP contribution in [0.5, 0.6) is 0 Å². The van der Waals surface area contributed by atoms with Crippen molar-refractivity contribution in [1.82, 2.24) is 0 Å². The van der Waals surface area contributed by atoms with Crippen LogP contribution >= 0.6 is 0 Å². The van der Waals surface area contributed by atoms with E-state index in [2.05, 4.69) is 14.8 Å². The molecule has 1 aromatic rings. The fourth-order valence-corrected chi connectivity index (χ4v) is 1.45. The Hall–Kier alpha value is -0.509.